The van der Waals surface area contributed by atoms with Crippen LogP contribution in [0.2, 0.25) is 0 Å². The van der Waals surface area contributed by atoms with Crippen molar-refractivity contribution in [3.63, 3.8) is 0 Å². The van der Waals surface area contributed by atoms with Gasteiger partial charge in [-0.25, -0.2) is 13.2 Å². The molecule has 26 heavy (non-hydrogen) atoms. The van der Waals surface area contributed by atoms with Gasteiger partial charge in [-0.15, -0.1) is 0 Å². The van der Waals surface area contributed by atoms with E-state index in [2.05, 4.69) is 5.32 Å². The third-order valence-electron chi connectivity index (χ3n) is 6.08. The molecule has 0 aromatic carbocycles. The standard InChI is InChI=1S/C17H25N3O5S/c21-14(20(12-4-5-12)13-6-9-26(24,25)11-13)10-19-15(22)17(18-16(19)23)7-2-1-3-8-17/h12-13H,1-11H2,(H,18,23)/t13-/m0/s1. The van der Waals surface area contributed by atoms with Crippen LogP contribution in [0.5, 0.6) is 0 Å². The average Bonchev–Trinajstić information content (AvgIpc) is 3.31. The zero-order valence-corrected chi connectivity index (χ0v) is 15.6. The molecule has 1 atom stereocenters. The van der Waals surface area contributed by atoms with Crippen LogP contribution >= 0.6 is 0 Å². The summed E-state index contributed by atoms with van der Waals surface area (Å²) in [6, 6.07) is -0.783. The summed E-state index contributed by atoms with van der Waals surface area (Å²) in [5.41, 5.74) is -0.837. The van der Waals surface area contributed by atoms with Gasteiger partial charge in [-0.2, -0.15) is 0 Å². The number of imide groups is 1. The Balaban J connectivity index is 1.48. The Morgan fingerprint density at radius 1 is 1.12 bits per heavy atom. The molecule has 0 radical (unpaired) electrons. The summed E-state index contributed by atoms with van der Waals surface area (Å²) >= 11 is 0. The fourth-order valence-electron chi connectivity index (χ4n) is 4.58. The molecule has 2 heterocycles. The summed E-state index contributed by atoms with van der Waals surface area (Å²) in [4.78, 5) is 40.8. The summed E-state index contributed by atoms with van der Waals surface area (Å²) in [6.07, 6.45) is 6.22. The molecule has 2 aliphatic heterocycles. The molecule has 0 unspecified atom stereocenters. The van der Waals surface area contributed by atoms with Gasteiger partial charge >= 0.3 is 6.03 Å². The van der Waals surface area contributed by atoms with E-state index in [1.54, 1.807) is 4.90 Å². The molecule has 8 nitrogen and oxygen atoms in total. The molecule has 9 heteroatoms. The van der Waals surface area contributed by atoms with Crippen molar-refractivity contribution < 1.29 is 22.8 Å². The number of sulfone groups is 1. The number of carbonyl (C=O) groups excluding carboxylic acids is 3. The van der Waals surface area contributed by atoms with E-state index in [-0.39, 0.29) is 41.9 Å². The lowest BCUT2D eigenvalue weighted by atomic mass is 9.82. The van der Waals surface area contributed by atoms with Crippen LogP contribution in [0.4, 0.5) is 4.79 Å². The number of rotatable bonds is 4. The van der Waals surface area contributed by atoms with E-state index in [0.717, 1.165) is 37.0 Å². The smallest absolute Gasteiger partial charge is 0.325 e. The second-order valence-electron chi connectivity index (χ2n) is 8.05. The number of hydrogen-bond acceptors (Lipinski definition) is 5. The van der Waals surface area contributed by atoms with Crippen molar-refractivity contribution in [1.29, 1.82) is 0 Å². The predicted octanol–water partition coefficient (Wildman–Crippen LogP) is 0.419. The summed E-state index contributed by atoms with van der Waals surface area (Å²) in [6.45, 7) is -0.292. The molecule has 0 aromatic heterocycles. The van der Waals surface area contributed by atoms with Crippen LogP contribution in [0, 0.1) is 0 Å². The van der Waals surface area contributed by atoms with Crippen LogP contribution in [-0.4, -0.2) is 71.7 Å². The van der Waals surface area contributed by atoms with E-state index < -0.39 is 21.4 Å². The van der Waals surface area contributed by atoms with Crippen molar-refractivity contribution in [3.05, 3.63) is 0 Å². The number of amides is 4. The van der Waals surface area contributed by atoms with Gasteiger partial charge < -0.3 is 10.2 Å². The van der Waals surface area contributed by atoms with Crippen LogP contribution in [0.3, 0.4) is 0 Å². The van der Waals surface area contributed by atoms with Crippen molar-refractivity contribution in [2.75, 3.05) is 18.1 Å². The summed E-state index contributed by atoms with van der Waals surface area (Å²) in [5.74, 6) is -0.531. The Morgan fingerprint density at radius 2 is 1.81 bits per heavy atom. The number of hydrogen-bond donors (Lipinski definition) is 1. The first-order valence-electron chi connectivity index (χ1n) is 9.47. The van der Waals surface area contributed by atoms with Gasteiger partial charge in [-0.05, 0) is 32.1 Å². The van der Waals surface area contributed by atoms with Gasteiger partial charge in [-0.3, -0.25) is 14.5 Å². The van der Waals surface area contributed by atoms with Gasteiger partial charge in [0, 0.05) is 12.1 Å². The topological polar surface area (TPSA) is 104 Å². The lowest BCUT2D eigenvalue weighted by Crippen LogP contribution is -2.50. The maximum atomic E-state index is 12.9. The molecule has 144 valence electrons. The zero-order chi connectivity index (χ0) is 18.5. The third-order valence-corrected chi connectivity index (χ3v) is 7.83. The fourth-order valence-corrected chi connectivity index (χ4v) is 6.30. The molecular formula is C17H25N3O5S. The molecule has 0 aromatic rings. The molecule has 0 bridgehead atoms. The second-order valence-corrected chi connectivity index (χ2v) is 10.3. The Labute approximate surface area is 153 Å². The minimum absolute atomic E-state index is 0.0146. The normalized spacial score (nSPS) is 29.8. The van der Waals surface area contributed by atoms with Crippen LogP contribution in [-0.2, 0) is 19.4 Å². The van der Waals surface area contributed by atoms with E-state index >= 15 is 0 Å². The predicted molar refractivity (Wildman–Crippen MR) is 93.0 cm³/mol. The third kappa shape index (κ3) is 3.10. The number of nitrogens with zero attached hydrogens (tertiary/aromatic N) is 2. The molecule has 2 saturated heterocycles. The summed E-state index contributed by atoms with van der Waals surface area (Å²) in [5, 5.41) is 2.81. The highest BCUT2D eigenvalue weighted by Gasteiger charge is 2.52. The summed E-state index contributed by atoms with van der Waals surface area (Å²) < 4.78 is 23.6. The average molecular weight is 383 g/mol. The van der Waals surface area contributed by atoms with Crippen LogP contribution in [0.25, 0.3) is 0 Å². The maximum absolute atomic E-state index is 12.9. The Bertz CT molecular complexity index is 739. The van der Waals surface area contributed by atoms with E-state index in [9.17, 15) is 22.8 Å². The minimum Gasteiger partial charge on any atom is -0.334 e. The highest BCUT2D eigenvalue weighted by Crippen LogP contribution is 2.35. The van der Waals surface area contributed by atoms with Gasteiger partial charge in [0.15, 0.2) is 9.84 Å². The van der Waals surface area contributed by atoms with Crippen LogP contribution in [0.1, 0.15) is 51.4 Å². The lowest BCUT2D eigenvalue weighted by Gasteiger charge is -2.31. The fraction of sp³-hybridized carbons (Fsp3) is 0.824. The highest BCUT2D eigenvalue weighted by molar-refractivity contribution is 7.91. The van der Waals surface area contributed by atoms with E-state index in [4.69, 9.17) is 0 Å². The first-order chi connectivity index (χ1) is 12.3. The van der Waals surface area contributed by atoms with Gasteiger partial charge in [0.1, 0.15) is 12.1 Å². The lowest BCUT2D eigenvalue weighted by molar-refractivity contribution is -0.141. The van der Waals surface area contributed by atoms with Gasteiger partial charge in [0.05, 0.1) is 11.5 Å². The number of nitrogens with one attached hydrogen (secondary N) is 1. The van der Waals surface area contributed by atoms with Gasteiger partial charge in [0.25, 0.3) is 5.91 Å². The van der Waals surface area contributed by atoms with Crippen molar-refractivity contribution >= 4 is 27.7 Å². The van der Waals surface area contributed by atoms with Gasteiger partial charge in [0.2, 0.25) is 5.91 Å². The van der Waals surface area contributed by atoms with Crippen LogP contribution < -0.4 is 5.32 Å². The molecule has 2 aliphatic carbocycles. The summed E-state index contributed by atoms with van der Waals surface area (Å²) in [7, 11) is -3.10. The minimum atomic E-state index is -3.10. The van der Waals surface area contributed by atoms with Crippen LogP contribution in [0.15, 0.2) is 0 Å². The Kier molecular flexibility index (Phi) is 4.24. The highest BCUT2D eigenvalue weighted by atomic mass is 32.2. The molecule has 4 rings (SSSR count). The quantitative estimate of drug-likeness (QED) is 0.709. The van der Waals surface area contributed by atoms with Crippen molar-refractivity contribution in [2.45, 2.75) is 69.0 Å². The molecular weight excluding hydrogens is 358 g/mol. The molecule has 4 fully saturated rings. The number of urea groups is 1. The zero-order valence-electron chi connectivity index (χ0n) is 14.8. The van der Waals surface area contributed by atoms with Gasteiger partial charge in [-0.1, -0.05) is 19.3 Å². The van der Waals surface area contributed by atoms with E-state index in [1.807, 2.05) is 0 Å². The SMILES string of the molecule is O=C1NC2(CCCCC2)C(=O)N1CC(=O)N(C1CC1)[C@H]1CCS(=O)(=O)C1. The number of carbonyl (C=O) groups is 3. The first kappa shape index (κ1) is 17.8. The molecule has 1 spiro atoms. The maximum Gasteiger partial charge on any atom is 0.325 e. The van der Waals surface area contributed by atoms with Crippen molar-refractivity contribution in [2.24, 2.45) is 0 Å². The van der Waals surface area contributed by atoms with E-state index in [1.165, 1.54) is 0 Å². The van der Waals surface area contributed by atoms with Crippen molar-refractivity contribution in [3.8, 4) is 0 Å². The molecule has 4 amide bonds. The second kappa shape index (κ2) is 6.21. The van der Waals surface area contributed by atoms with E-state index in [0.29, 0.717) is 19.3 Å². The first-order valence-corrected chi connectivity index (χ1v) is 11.3. The van der Waals surface area contributed by atoms with Crippen molar-refractivity contribution in [1.82, 2.24) is 15.1 Å². The largest absolute Gasteiger partial charge is 0.334 e. The molecule has 4 aliphatic rings. The Hall–Kier alpha value is -1.64. The Morgan fingerprint density at radius 3 is 2.38 bits per heavy atom. The molecule has 2 saturated carbocycles. The molecule has 1 N–H and O–H groups in total. The monoisotopic (exact) mass is 383 g/mol.